The first kappa shape index (κ1) is 22.5. The summed E-state index contributed by atoms with van der Waals surface area (Å²) in [5, 5.41) is 6.21. The zero-order chi connectivity index (χ0) is 20.0. The van der Waals surface area contributed by atoms with Gasteiger partial charge in [0.1, 0.15) is 11.3 Å². The van der Waals surface area contributed by atoms with Gasteiger partial charge in [-0.2, -0.15) is 0 Å². The Bertz CT molecular complexity index is 491. The third kappa shape index (κ3) is 6.63. The van der Waals surface area contributed by atoms with E-state index in [0.717, 1.165) is 0 Å². The molecule has 0 spiro atoms. The van der Waals surface area contributed by atoms with E-state index in [9.17, 15) is 9.18 Å². The van der Waals surface area contributed by atoms with Crippen LogP contribution in [0.25, 0.3) is 0 Å². The van der Waals surface area contributed by atoms with Gasteiger partial charge in [0.2, 0.25) is 0 Å². The van der Waals surface area contributed by atoms with Crippen molar-refractivity contribution >= 4 is 12.1 Å². The van der Waals surface area contributed by atoms with Gasteiger partial charge in [-0.1, -0.05) is 0 Å². The Kier molecular flexibility index (Phi) is 8.12. The van der Waals surface area contributed by atoms with Gasteiger partial charge in [-0.3, -0.25) is 14.3 Å². The number of hydrogen-bond donors (Lipinski definition) is 2. The van der Waals surface area contributed by atoms with Crippen LogP contribution in [0.15, 0.2) is 4.99 Å². The first-order valence-electron chi connectivity index (χ1n) is 9.30. The number of nitrogens with one attached hydrogen (secondary N) is 2. The van der Waals surface area contributed by atoms with E-state index < -0.39 is 17.4 Å². The van der Waals surface area contributed by atoms with Crippen molar-refractivity contribution in [2.24, 2.45) is 4.99 Å². The maximum absolute atomic E-state index is 12.7. The fourth-order valence-corrected chi connectivity index (χ4v) is 2.90. The number of guanidine groups is 1. The molecule has 0 aromatic heterocycles. The van der Waals surface area contributed by atoms with Gasteiger partial charge < -0.3 is 20.1 Å². The van der Waals surface area contributed by atoms with Crippen molar-refractivity contribution in [2.75, 3.05) is 26.3 Å². The fraction of sp³-hybridized carbons (Fsp3) is 0.889. The van der Waals surface area contributed by atoms with Crippen LogP contribution < -0.4 is 10.6 Å². The molecule has 26 heavy (non-hydrogen) atoms. The molecule has 1 saturated heterocycles. The first-order valence-corrected chi connectivity index (χ1v) is 9.30. The molecule has 1 aliphatic rings. The zero-order valence-electron chi connectivity index (χ0n) is 17.2. The summed E-state index contributed by atoms with van der Waals surface area (Å²) in [6, 6.07) is -0.253. The van der Waals surface area contributed by atoms with Gasteiger partial charge in [0.05, 0.1) is 25.4 Å². The number of aliphatic imine (C=N–C) groups is 1. The van der Waals surface area contributed by atoms with Crippen LogP contribution in [0.5, 0.6) is 0 Å². The summed E-state index contributed by atoms with van der Waals surface area (Å²) in [5.74, 6) is 0.599. The molecule has 0 aromatic rings. The minimum atomic E-state index is -0.776. The molecule has 8 heteroatoms. The highest BCUT2D eigenvalue weighted by Crippen LogP contribution is 2.33. The molecule has 1 fully saturated rings. The molecule has 0 aromatic carbocycles. The van der Waals surface area contributed by atoms with E-state index in [-0.39, 0.29) is 18.8 Å². The second-order valence-electron chi connectivity index (χ2n) is 7.88. The number of carbonyl (C=O) groups is 1. The normalized spacial score (nSPS) is 23.1. The van der Waals surface area contributed by atoms with Crippen molar-refractivity contribution in [1.82, 2.24) is 15.5 Å². The highest BCUT2D eigenvalue weighted by molar-refractivity contribution is 5.79. The summed E-state index contributed by atoms with van der Waals surface area (Å²) in [6.07, 6.45) is -0.179. The number of carbonyl (C=O) groups excluding carboxylic acids is 1. The molecule has 2 unspecified atom stereocenters. The summed E-state index contributed by atoms with van der Waals surface area (Å²) in [4.78, 5) is 18.9. The van der Waals surface area contributed by atoms with E-state index in [1.807, 2.05) is 48.5 Å². The number of hydrogen-bond acceptors (Lipinski definition) is 4. The maximum atomic E-state index is 12.7. The first-order chi connectivity index (χ1) is 12.0. The summed E-state index contributed by atoms with van der Waals surface area (Å²) < 4.78 is 23.8. The highest BCUT2D eigenvalue weighted by atomic mass is 19.1. The standard InChI is InChI=1S/C18H35FN4O3/c1-8-20-15(21-11-9-10-19)22-12-14-13(2)25-18(6,7)23(14)16(24)26-17(3,4)5/h13-14H,8-12H2,1-7H3,(H2,20,21,22). The zero-order valence-corrected chi connectivity index (χ0v) is 17.2. The van der Waals surface area contributed by atoms with Crippen LogP contribution in [0, 0.1) is 0 Å². The third-order valence-corrected chi connectivity index (χ3v) is 3.90. The quantitative estimate of drug-likeness (QED) is 0.425. The molecule has 1 amide bonds. The monoisotopic (exact) mass is 374 g/mol. The molecule has 0 bridgehead atoms. The Labute approximate surface area is 156 Å². The molecule has 7 nitrogen and oxygen atoms in total. The van der Waals surface area contributed by atoms with Crippen LogP contribution in [0.4, 0.5) is 9.18 Å². The second kappa shape index (κ2) is 9.39. The van der Waals surface area contributed by atoms with Crippen LogP contribution in [-0.2, 0) is 9.47 Å². The average Bonchev–Trinajstić information content (AvgIpc) is 2.71. The van der Waals surface area contributed by atoms with E-state index in [1.165, 1.54) is 0 Å². The van der Waals surface area contributed by atoms with E-state index in [2.05, 4.69) is 15.6 Å². The van der Waals surface area contributed by atoms with Gasteiger partial charge in [-0.05, 0) is 54.9 Å². The molecule has 1 heterocycles. The predicted octanol–water partition coefficient (Wildman–Crippen LogP) is 2.66. The van der Waals surface area contributed by atoms with Gasteiger partial charge >= 0.3 is 6.09 Å². The summed E-state index contributed by atoms with van der Waals surface area (Å²) in [5.41, 5.74) is -1.36. The Morgan fingerprint density at radius 2 is 2.00 bits per heavy atom. The molecule has 0 radical (unpaired) electrons. The predicted molar refractivity (Wildman–Crippen MR) is 101 cm³/mol. The molecular weight excluding hydrogens is 339 g/mol. The second-order valence-corrected chi connectivity index (χ2v) is 7.88. The van der Waals surface area contributed by atoms with Crippen LogP contribution in [-0.4, -0.2) is 66.7 Å². The smallest absolute Gasteiger partial charge is 0.412 e. The lowest BCUT2D eigenvalue weighted by atomic mass is 10.1. The molecule has 1 aliphatic heterocycles. The van der Waals surface area contributed by atoms with Gasteiger partial charge in [0.25, 0.3) is 0 Å². The number of ether oxygens (including phenoxy) is 2. The number of rotatable bonds is 6. The molecule has 2 atom stereocenters. The van der Waals surface area contributed by atoms with E-state index in [1.54, 1.807) is 4.90 Å². The largest absolute Gasteiger partial charge is 0.444 e. The van der Waals surface area contributed by atoms with Gasteiger partial charge in [0, 0.05) is 13.1 Å². The number of halogens is 1. The number of nitrogens with zero attached hydrogens (tertiary/aromatic N) is 2. The number of alkyl halides is 1. The molecule has 2 N–H and O–H groups in total. The van der Waals surface area contributed by atoms with Crippen molar-refractivity contribution < 1.29 is 18.7 Å². The highest BCUT2D eigenvalue weighted by Gasteiger charge is 2.49. The third-order valence-electron chi connectivity index (χ3n) is 3.90. The van der Waals surface area contributed by atoms with Crippen molar-refractivity contribution in [3.8, 4) is 0 Å². The van der Waals surface area contributed by atoms with E-state index in [0.29, 0.717) is 32.0 Å². The summed E-state index contributed by atoms with van der Waals surface area (Å²) in [7, 11) is 0. The Hall–Kier alpha value is -1.57. The summed E-state index contributed by atoms with van der Waals surface area (Å²) in [6.45, 7) is 14.3. The van der Waals surface area contributed by atoms with Crippen LogP contribution in [0.1, 0.15) is 54.9 Å². The van der Waals surface area contributed by atoms with Crippen LogP contribution in [0.3, 0.4) is 0 Å². The Balaban J connectivity index is 2.91. The topological polar surface area (TPSA) is 75.2 Å². The molecule has 0 saturated carbocycles. The SMILES string of the molecule is CCNC(=NCC1C(C)OC(C)(C)N1C(=O)OC(C)(C)C)NCCCF. The van der Waals surface area contributed by atoms with Crippen LogP contribution in [0.2, 0.25) is 0 Å². The van der Waals surface area contributed by atoms with Crippen molar-refractivity contribution in [3.05, 3.63) is 0 Å². The lowest BCUT2D eigenvalue weighted by Crippen LogP contribution is -2.51. The molecule has 0 aliphatic carbocycles. The van der Waals surface area contributed by atoms with Crippen molar-refractivity contribution in [1.29, 1.82) is 0 Å². The number of amides is 1. The van der Waals surface area contributed by atoms with E-state index >= 15 is 0 Å². The average molecular weight is 375 g/mol. The molecule has 152 valence electrons. The van der Waals surface area contributed by atoms with Gasteiger partial charge in [-0.15, -0.1) is 0 Å². The Morgan fingerprint density at radius 1 is 1.35 bits per heavy atom. The Morgan fingerprint density at radius 3 is 2.54 bits per heavy atom. The van der Waals surface area contributed by atoms with Gasteiger partial charge in [0.15, 0.2) is 5.96 Å². The summed E-state index contributed by atoms with van der Waals surface area (Å²) >= 11 is 0. The maximum Gasteiger partial charge on any atom is 0.412 e. The lowest BCUT2D eigenvalue weighted by molar-refractivity contribution is -0.0755. The minimum absolute atomic E-state index is 0.185. The fourth-order valence-electron chi connectivity index (χ4n) is 2.90. The van der Waals surface area contributed by atoms with E-state index in [4.69, 9.17) is 9.47 Å². The molecule has 1 rings (SSSR count). The molecular formula is C18H35FN4O3. The van der Waals surface area contributed by atoms with Gasteiger partial charge in [-0.25, -0.2) is 4.79 Å². The van der Waals surface area contributed by atoms with Crippen molar-refractivity contribution in [2.45, 2.75) is 78.4 Å². The van der Waals surface area contributed by atoms with Crippen LogP contribution >= 0.6 is 0 Å². The van der Waals surface area contributed by atoms with Crippen molar-refractivity contribution in [3.63, 3.8) is 0 Å². The lowest BCUT2D eigenvalue weighted by Gasteiger charge is -2.34. The minimum Gasteiger partial charge on any atom is -0.444 e.